The first-order chi connectivity index (χ1) is 19.9. The highest BCUT2D eigenvalue weighted by atomic mass is 19.1. The van der Waals surface area contributed by atoms with E-state index in [1.807, 2.05) is 30.3 Å². The Bertz CT molecular complexity index is 1370. The van der Waals surface area contributed by atoms with E-state index in [4.69, 9.17) is 9.47 Å². The zero-order valence-electron chi connectivity index (χ0n) is 22.9. The minimum Gasteiger partial charge on any atom is -0.497 e. The molecular formula is C31H33FN4O5. The lowest BCUT2D eigenvalue weighted by Gasteiger charge is -2.26. The number of hydrogen-bond donors (Lipinski definition) is 0. The van der Waals surface area contributed by atoms with Crippen molar-refractivity contribution in [3.63, 3.8) is 0 Å². The summed E-state index contributed by atoms with van der Waals surface area (Å²) in [5.74, 6) is -0.816. The van der Waals surface area contributed by atoms with E-state index in [1.165, 1.54) is 11.0 Å². The summed E-state index contributed by atoms with van der Waals surface area (Å²) in [6.07, 6.45) is 2.90. The molecule has 2 saturated heterocycles. The van der Waals surface area contributed by atoms with Crippen LogP contribution in [0.3, 0.4) is 0 Å². The second-order valence-electron chi connectivity index (χ2n) is 10.4. The molecule has 2 aromatic carbocycles. The molecule has 9 nitrogen and oxygen atoms in total. The first-order valence-electron chi connectivity index (χ1n) is 13.6. The molecule has 2 aliphatic rings. The van der Waals surface area contributed by atoms with E-state index in [2.05, 4.69) is 4.98 Å². The van der Waals surface area contributed by atoms with Gasteiger partial charge in [0, 0.05) is 57.1 Å². The van der Waals surface area contributed by atoms with E-state index in [1.54, 1.807) is 53.6 Å². The molecule has 214 valence electrons. The van der Waals surface area contributed by atoms with Gasteiger partial charge in [0.2, 0.25) is 17.7 Å². The summed E-state index contributed by atoms with van der Waals surface area (Å²) < 4.78 is 25.6. The minimum absolute atomic E-state index is 0.00470. The van der Waals surface area contributed by atoms with Crippen LogP contribution in [-0.2, 0) is 38.8 Å². The van der Waals surface area contributed by atoms with Gasteiger partial charge in [0.15, 0.2) is 0 Å². The molecule has 2 aliphatic heterocycles. The number of carbonyl (C=O) groups excluding carboxylic acids is 3. The van der Waals surface area contributed by atoms with Gasteiger partial charge in [0.1, 0.15) is 11.6 Å². The number of rotatable bonds is 9. The van der Waals surface area contributed by atoms with Crippen molar-refractivity contribution in [2.24, 2.45) is 5.92 Å². The van der Waals surface area contributed by atoms with Gasteiger partial charge in [-0.05, 0) is 35.4 Å². The fourth-order valence-corrected chi connectivity index (χ4v) is 5.24. The van der Waals surface area contributed by atoms with Gasteiger partial charge < -0.3 is 24.2 Å². The molecule has 0 spiro atoms. The maximum Gasteiger partial charge on any atom is 0.242 e. The molecule has 3 amide bonds. The number of halogens is 1. The Kier molecular flexibility index (Phi) is 8.88. The van der Waals surface area contributed by atoms with Gasteiger partial charge in [-0.3, -0.25) is 19.4 Å². The molecule has 10 heteroatoms. The fraction of sp³-hybridized carbons (Fsp3) is 0.355. The van der Waals surface area contributed by atoms with E-state index in [0.717, 1.165) is 11.1 Å². The third kappa shape index (κ3) is 7.07. The van der Waals surface area contributed by atoms with Crippen LogP contribution in [0.2, 0.25) is 0 Å². The van der Waals surface area contributed by atoms with E-state index < -0.39 is 12.0 Å². The van der Waals surface area contributed by atoms with Gasteiger partial charge in [-0.1, -0.05) is 36.4 Å². The standard InChI is InChI=1S/C31H33FN4O5/c1-40-26-10-8-22(9-11-26)15-35-18-27(41-21-24-6-2-3-7-28(24)32)19-36(20-30(35)38)31(39)25-13-29(37)34(17-25)16-23-5-4-12-33-14-23/h2-12,14,25,27H,13,15-21H2,1H3/t25-,27+/m1/s1. The maximum atomic E-state index is 14.3. The Hall–Kier alpha value is -4.31. The molecule has 5 rings (SSSR count). The predicted octanol–water partition coefficient (Wildman–Crippen LogP) is 3.03. The second-order valence-corrected chi connectivity index (χ2v) is 10.4. The molecule has 0 bridgehead atoms. The summed E-state index contributed by atoms with van der Waals surface area (Å²) in [7, 11) is 1.59. The lowest BCUT2D eigenvalue weighted by atomic mass is 10.1. The predicted molar refractivity (Wildman–Crippen MR) is 148 cm³/mol. The van der Waals surface area contributed by atoms with Crippen LogP contribution >= 0.6 is 0 Å². The van der Waals surface area contributed by atoms with Gasteiger partial charge in [-0.2, -0.15) is 0 Å². The topological polar surface area (TPSA) is 92.3 Å². The molecule has 2 atom stereocenters. The third-order valence-corrected chi connectivity index (χ3v) is 7.46. The van der Waals surface area contributed by atoms with Crippen molar-refractivity contribution in [2.75, 3.05) is 33.3 Å². The third-order valence-electron chi connectivity index (χ3n) is 7.46. The van der Waals surface area contributed by atoms with Crippen molar-refractivity contribution in [3.05, 3.63) is 95.6 Å². The molecule has 0 unspecified atom stereocenters. The van der Waals surface area contributed by atoms with Crippen molar-refractivity contribution in [3.8, 4) is 5.75 Å². The molecule has 2 fully saturated rings. The Morgan fingerprint density at radius 2 is 1.68 bits per heavy atom. The van der Waals surface area contributed by atoms with Crippen LogP contribution in [0.4, 0.5) is 4.39 Å². The van der Waals surface area contributed by atoms with Crippen LogP contribution in [0.25, 0.3) is 0 Å². The van der Waals surface area contributed by atoms with Gasteiger partial charge in [0.05, 0.1) is 32.3 Å². The zero-order valence-corrected chi connectivity index (χ0v) is 22.9. The summed E-state index contributed by atoms with van der Waals surface area (Å²) in [5.41, 5.74) is 2.18. The van der Waals surface area contributed by atoms with Crippen molar-refractivity contribution in [1.29, 1.82) is 0 Å². The maximum absolute atomic E-state index is 14.3. The molecule has 3 aromatic rings. The summed E-state index contributed by atoms with van der Waals surface area (Å²) in [4.78, 5) is 48.8. The van der Waals surface area contributed by atoms with E-state index in [0.29, 0.717) is 24.4 Å². The van der Waals surface area contributed by atoms with Gasteiger partial charge in [-0.15, -0.1) is 0 Å². The van der Waals surface area contributed by atoms with Crippen LogP contribution in [0.5, 0.6) is 5.75 Å². The van der Waals surface area contributed by atoms with Crippen molar-refractivity contribution in [1.82, 2.24) is 19.7 Å². The van der Waals surface area contributed by atoms with E-state index in [-0.39, 0.29) is 62.7 Å². The number of ether oxygens (including phenoxy) is 2. The highest BCUT2D eigenvalue weighted by Gasteiger charge is 2.39. The van der Waals surface area contributed by atoms with Crippen molar-refractivity contribution < 1.29 is 28.2 Å². The average molecular weight is 561 g/mol. The van der Waals surface area contributed by atoms with Crippen LogP contribution in [-0.4, -0.2) is 76.8 Å². The zero-order chi connectivity index (χ0) is 28.8. The fourth-order valence-electron chi connectivity index (χ4n) is 5.24. The highest BCUT2D eigenvalue weighted by Crippen LogP contribution is 2.24. The SMILES string of the molecule is COc1ccc(CN2C[C@H](OCc3ccccc3F)CN(C(=O)[C@@H]3CC(=O)N(Cc4cccnc4)C3)CC2=O)cc1. The number of nitrogens with zero attached hydrogens (tertiary/aromatic N) is 4. The van der Waals surface area contributed by atoms with Gasteiger partial charge in [0.25, 0.3) is 0 Å². The van der Waals surface area contributed by atoms with Crippen LogP contribution in [0.15, 0.2) is 73.1 Å². The number of amides is 3. The quantitative estimate of drug-likeness (QED) is 0.400. The Balaban J connectivity index is 1.30. The van der Waals surface area contributed by atoms with Crippen molar-refractivity contribution >= 4 is 17.7 Å². The van der Waals surface area contributed by atoms with Gasteiger partial charge >= 0.3 is 0 Å². The summed E-state index contributed by atoms with van der Waals surface area (Å²) in [5, 5.41) is 0. The Morgan fingerprint density at radius 1 is 0.927 bits per heavy atom. The monoisotopic (exact) mass is 560 g/mol. The number of hydrogen-bond acceptors (Lipinski definition) is 6. The van der Waals surface area contributed by atoms with Crippen LogP contribution in [0, 0.1) is 11.7 Å². The second kappa shape index (κ2) is 12.9. The first-order valence-corrected chi connectivity index (χ1v) is 13.6. The molecule has 3 heterocycles. The number of benzene rings is 2. The molecule has 41 heavy (non-hydrogen) atoms. The first kappa shape index (κ1) is 28.2. The lowest BCUT2D eigenvalue weighted by Crippen LogP contribution is -2.43. The molecule has 0 radical (unpaired) electrons. The molecule has 0 aliphatic carbocycles. The number of pyridine rings is 1. The van der Waals surface area contributed by atoms with Crippen LogP contribution < -0.4 is 4.74 Å². The lowest BCUT2D eigenvalue weighted by molar-refractivity contribution is -0.141. The summed E-state index contributed by atoms with van der Waals surface area (Å²) in [6.45, 7) is 1.25. The van der Waals surface area contributed by atoms with E-state index >= 15 is 0 Å². The minimum atomic E-state index is -0.563. The highest BCUT2D eigenvalue weighted by molar-refractivity contribution is 5.91. The number of methoxy groups -OCH3 is 1. The number of aromatic nitrogens is 1. The number of likely N-dealkylation sites (tertiary alicyclic amines) is 1. The molecule has 0 N–H and O–H groups in total. The molecule has 1 aromatic heterocycles. The summed E-state index contributed by atoms with van der Waals surface area (Å²) >= 11 is 0. The summed E-state index contributed by atoms with van der Waals surface area (Å²) in [6, 6.07) is 17.5. The van der Waals surface area contributed by atoms with Gasteiger partial charge in [-0.25, -0.2) is 4.39 Å². The smallest absolute Gasteiger partial charge is 0.242 e. The van der Waals surface area contributed by atoms with E-state index in [9.17, 15) is 18.8 Å². The average Bonchev–Trinajstić information content (AvgIpc) is 3.27. The Labute approximate surface area is 238 Å². The largest absolute Gasteiger partial charge is 0.497 e. The molecular weight excluding hydrogens is 527 g/mol. The van der Waals surface area contributed by atoms with Crippen molar-refractivity contribution in [2.45, 2.75) is 32.2 Å². The normalized spacial score (nSPS) is 19.4. The Morgan fingerprint density at radius 3 is 2.41 bits per heavy atom. The number of carbonyl (C=O) groups is 3. The molecule has 0 saturated carbocycles. The van der Waals surface area contributed by atoms with Crippen LogP contribution in [0.1, 0.15) is 23.1 Å².